The molecule has 1 aromatic carbocycles. The Morgan fingerprint density at radius 2 is 1.83 bits per heavy atom. The van der Waals surface area contributed by atoms with Crippen LogP contribution in [-0.2, 0) is 6.54 Å². The van der Waals surface area contributed by atoms with E-state index in [-0.39, 0.29) is 12.1 Å². The SMILES string of the molecule is O=C(NCc1ccc2[nH]c(=S)sc2n1)c1ccc(OC(F)(F)CC(F)(F)F)cc1. The maximum Gasteiger partial charge on any atom is 0.406 e. The Kier molecular flexibility index (Phi) is 5.85. The van der Waals surface area contributed by atoms with E-state index < -0.39 is 30.4 Å². The van der Waals surface area contributed by atoms with Gasteiger partial charge in [0.2, 0.25) is 0 Å². The highest BCUT2D eigenvalue weighted by Gasteiger charge is 2.45. The van der Waals surface area contributed by atoms with Crippen LogP contribution in [0.3, 0.4) is 0 Å². The summed E-state index contributed by atoms with van der Waals surface area (Å²) in [4.78, 5) is 20.2. The van der Waals surface area contributed by atoms with E-state index in [1.165, 1.54) is 23.5 Å². The molecule has 0 atom stereocenters. The van der Waals surface area contributed by atoms with E-state index in [0.717, 1.165) is 17.6 Å². The molecule has 0 fully saturated rings. The Balaban J connectivity index is 1.60. The van der Waals surface area contributed by atoms with Gasteiger partial charge in [0.25, 0.3) is 5.91 Å². The number of rotatable bonds is 6. The number of carbonyl (C=O) groups excluding carboxylic acids is 1. The molecule has 0 bridgehead atoms. The summed E-state index contributed by atoms with van der Waals surface area (Å²) < 4.78 is 67.5. The van der Waals surface area contributed by atoms with Gasteiger partial charge in [-0.3, -0.25) is 4.79 Å². The first-order valence-electron chi connectivity index (χ1n) is 8.01. The molecule has 3 rings (SSSR count). The number of aromatic nitrogens is 2. The first kappa shape index (κ1) is 21.1. The van der Waals surface area contributed by atoms with E-state index in [0.29, 0.717) is 14.5 Å². The van der Waals surface area contributed by atoms with Gasteiger partial charge < -0.3 is 15.0 Å². The zero-order valence-electron chi connectivity index (χ0n) is 14.3. The fourth-order valence-electron chi connectivity index (χ4n) is 2.36. The standard InChI is InChI=1S/C17H12F5N3O2S2/c18-16(19,20)8-17(21,22)27-11-4-1-9(2-5-11)13(26)23-7-10-3-6-12-14(24-10)29-15(28)25-12/h1-6H,7-8H2,(H,23,26)(H,25,28). The molecule has 0 radical (unpaired) electrons. The number of benzene rings is 1. The Bertz CT molecular complexity index is 1080. The molecule has 0 aliphatic rings. The minimum Gasteiger partial charge on any atom is -0.432 e. The van der Waals surface area contributed by atoms with E-state index in [1.54, 1.807) is 12.1 Å². The van der Waals surface area contributed by atoms with Crippen molar-refractivity contribution < 1.29 is 31.5 Å². The lowest BCUT2D eigenvalue weighted by atomic mass is 10.2. The minimum atomic E-state index is -5.07. The molecule has 154 valence electrons. The lowest BCUT2D eigenvalue weighted by molar-refractivity contribution is -0.255. The zero-order chi connectivity index (χ0) is 21.2. The number of hydrogen-bond acceptors (Lipinski definition) is 5. The number of amides is 1. The van der Waals surface area contributed by atoms with Gasteiger partial charge in [-0.1, -0.05) is 11.3 Å². The molecule has 0 aliphatic heterocycles. The summed E-state index contributed by atoms with van der Waals surface area (Å²) in [7, 11) is 0. The normalized spacial score (nSPS) is 12.2. The molecule has 0 unspecified atom stereocenters. The highest BCUT2D eigenvalue weighted by molar-refractivity contribution is 7.73. The van der Waals surface area contributed by atoms with E-state index in [2.05, 4.69) is 20.0 Å². The summed E-state index contributed by atoms with van der Waals surface area (Å²) >= 11 is 6.33. The number of halogens is 5. The molecule has 0 spiro atoms. The lowest BCUT2D eigenvalue weighted by Crippen LogP contribution is -2.31. The second-order valence-corrected chi connectivity index (χ2v) is 7.57. The molecule has 0 saturated carbocycles. The van der Waals surface area contributed by atoms with Crippen LogP contribution in [-0.4, -0.2) is 28.2 Å². The maximum absolute atomic E-state index is 13.2. The largest absolute Gasteiger partial charge is 0.432 e. The number of fused-ring (bicyclic) bond motifs is 1. The number of H-pyrrole nitrogens is 1. The molecule has 12 heteroatoms. The van der Waals surface area contributed by atoms with Gasteiger partial charge in [-0.25, -0.2) is 4.98 Å². The molecule has 3 aromatic rings. The molecule has 0 saturated heterocycles. The summed E-state index contributed by atoms with van der Waals surface area (Å²) in [5.41, 5.74) is 1.49. The van der Waals surface area contributed by atoms with Crippen molar-refractivity contribution in [2.24, 2.45) is 0 Å². The minimum absolute atomic E-state index is 0.112. The molecule has 5 nitrogen and oxygen atoms in total. The van der Waals surface area contributed by atoms with Gasteiger partial charge >= 0.3 is 12.3 Å². The third-order valence-corrected chi connectivity index (χ3v) is 4.71. The van der Waals surface area contributed by atoms with Crippen molar-refractivity contribution in [1.29, 1.82) is 0 Å². The summed E-state index contributed by atoms with van der Waals surface area (Å²) in [5.74, 6) is -1.00. The quantitative estimate of drug-likeness (QED) is 0.401. The zero-order valence-corrected chi connectivity index (χ0v) is 16.0. The van der Waals surface area contributed by atoms with Gasteiger partial charge in [-0.2, -0.15) is 22.0 Å². The average Bonchev–Trinajstić information content (AvgIpc) is 2.97. The molecule has 0 aliphatic carbocycles. The van der Waals surface area contributed by atoms with Gasteiger partial charge in [-0.05, 0) is 48.6 Å². The topological polar surface area (TPSA) is 67.0 Å². The first-order valence-corrected chi connectivity index (χ1v) is 9.24. The van der Waals surface area contributed by atoms with E-state index >= 15 is 0 Å². The van der Waals surface area contributed by atoms with Gasteiger partial charge in [0.15, 0.2) is 3.95 Å². The molecule has 29 heavy (non-hydrogen) atoms. The van der Waals surface area contributed by atoms with E-state index in [4.69, 9.17) is 12.2 Å². The third-order valence-electron chi connectivity index (χ3n) is 3.56. The van der Waals surface area contributed by atoms with Gasteiger partial charge in [0.1, 0.15) is 17.0 Å². The Morgan fingerprint density at radius 1 is 1.14 bits per heavy atom. The van der Waals surface area contributed by atoms with Crippen molar-refractivity contribution in [2.75, 3.05) is 0 Å². The molecule has 2 aromatic heterocycles. The van der Waals surface area contributed by atoms with E-state index in [1.807, 2.05) is 0 Å². The fraction of sp³-hybridized carbons (Fsp3) is 0.235. The number of ether oxygens (including phenoxy) is 1. The monoisotopic (exact) mass is 449 g/mol. The summed E-state index contributed by atoms with van der Waals surface area (Å²) in [6, 6.07) is 7.82. The Hall–Kier alpha value is -2.60. The van der Waals surface area contributed by atoms with Crippen LogP contribution in [0.25, 0.3) is 10.3 Å². The van der Waals surface area contributed by atoms with Crippen LogP contribution in [0.5, 0.6) is 5.75 Å². The van der Waals surface area contributed by atoms with Gasteiger partial charge in [-0.15, -0.1) is 0 Å². The number of nitrogens with one attached hydrogen (secondary N) is 2. The van der Waals surface area contributed by atoms with Gasteiger partial charge in [0, 0.05) is 5.56 Å². The summed E-state index contributed by atoms with van der Waals surface area (Å²) in [5, 5.41) is 2.61. The predicted molar refractivity (Wildman–Crippen MR) is 98.7 cm³/mol. The predicted octanol–water partition coefficient (Wildman–Crippen LogP) is 5.21. The second-order valence-electron chi connectivity index (χ2n) is 5.91. The number of hydrogen-bond donors (Lipinski definition) is 2. The Morgan fingerprint density at radius 3 is 2.48 bits per heavy atom. The van der Waals surface area contributed by atoms with E-state index in [9.17, 15) is 26.7 Å². The van der Waals surface area contributed by atoms with Gasteiger partial charge in [0.05, 0.1) is 17.8 Å². The first-order chi connectivity index (χ1) is 13.5. The van der Waals surface area contributed by atoms with Crippen LogP contribution in [0.2, 0.25) is 0 Å². The Labute approximate surface area is 169 Å². The number of pyridine rings is 1. The third kappa shape index (κ3) is 5.94. The van der Waals surface area contributed by atoms with Crippen molar-refractivity contribution >= 4 is 39.8 Å². The smallest absolute Gasteiger partial charge is 0.406 e. The van der Waals surface area contributed by atoms with Crippen molar-refractivity contribution in [3.8, 4) is 5.75 Å². The van der Waals surface area contributed by atoms with Crippen LogP contribution in [0.15, 0.2) is 36.4 Å². The number of nitrogens with zero attached hydrogens (tertiary/aromatic N) is 1. The second kappa shape index (κ2) is 8.03. The fourth-order valence-corrected chi connectivity index (χ4v) is 3.44. The number of carbonyl (C=O) groups is 1. The van der Waals surface area contributed by atoms with Crippen LogP contribution < -0.4 is 10.1 Å². The lowest BCUT2D eigenvalue weighted by Gasteiger charge is -2.19. The number of alkyl halides is 5. The summed E-state index contributed by atoms with van der Waals surface area (Å²) in [6.45, 7) is 0.112. The molecule has 2 N–H and O–H groups in total. The van der Waals surface area contributed by atoms with Crippen molar-refractivity contribution in [3.63, 3.8) is 0 Å². The highest BCUT2D eigenvalue weighted by atomic mass is 32.1. The number of thiazole rings is 1. The van der Waals surface area contributed by atoms with Crippen molar-refractivity contribution in [2.45, 2.75) is 25.3 Å². The molecule has 2 heterocycles. The van der Waals surface area contributed by atoms with Crippen LogP contribution in [0.1, 0.15) is 22.5 Å². The van der Waals surface area contributed by atoms with Crippen molar-refractivity contribution in [1.82, 2.24) is 15.3 Å². The van der Waals surface area contributed by atoms with Crippen LogP contribution in [0, 0.1) is 3.95 Å². The van der Waals surface area contributed by atoms with Crippen molar-refractivity contribution in [3.05, 3.63) is 51.6 Å². The van der Waals surface area contributed by atoms with Crippen LogP contribution >= 0.6 is 23.6 Å². The molecular formula is C17H12F5N3O2S2. The number of aromatic amines is 1. The highest BCUT2D eigenvalue weighted by Crippen LogP contribution is 2.33. The molecule has 1 amide bonds. The van der Waals surface area contributed by atoms with Crippen LogP contribution in [0.4, 0.5) is 22.0 Å². The summed E-state index contributed by atoms with van der Waals surface area (Å²) in [6.07, 6.45) is -11.9. The average molecular weight is 449 g/mol. The molecular weight excluding hydrogens is 437 g/mol. The maximum atomic E-state index is 13.2.